The highest BCUT2D eigenvalue weighted by Gasteiger charge is 2.07. The number of halogens is 1. The predicted octanol–water partition coefficient (Wildman–Crippen LogP) is 4.15. The molecule has 0 saturated heterocycles. The van der Waals surface area contributed by atoms with Crippen LogP contribution in [0.25, 0.3) is 0 Å². The number of nitrogens with zero attached hydrogens (tertiary/aromatic N) is 1. The summed E-state index contributed by atoms with van der Waals surface area (Å²) in [5.74, 6) is 0.958. The van der Waals surface area contributed by atoms with Crippen LogP contribution in [0.5, 0.6) is 5.75 Å². The Kier molecular flexibility index (Phi) is 5.76. The number of aryl methyl sites for hydroxylation is 2. The molecule has 0 radical (unpaired) electrons. The first-order chi connectivity index (χ1) is 10.1. The number of rotatable bonds is 6. The summed E-state index contributed by atoms with van der Waals surface area (Å²) in [5.41, 5.74) is 4.55. The predicted molar refractivity (Wildman–Crippen MR) is 89.6 cm³/mol. The molecule has 21 heavy (non-hydrogen) atoms. The van der Waals surface area contributed by atoms with Gasteiger partial charge in [-0.05, 0) is 65.1 Å². The number of nitrogens with one attached hydrogen (secondary N) is 1. The average molecular weight is 349 g/mol. The summed E-state index contributed by atoms with van der Waals surface area (Å²) in [7, 11) is 0. The molecule has 0 aliphatic rings. The summed E-state index contributed by atoms with van der Waals surface area (Å²) in [6, 6.07) is 8.30. The zero-order chi connectivity index (χ0) is 15.2. The largest absolute Gasteiger partial charge is 0.487 e. The molecule has 1 aromatic carbocycles. The zero-order valence-electron chi connectivity index (χ0n) is 12.7. The quantitative estimate of drug-likeness (QED) is 0.851. The smallest absolute Gasteiger partial charge is 0.130 e. The van der Waals surface area contributed by atoms with Crippen molar-refractivity contribution in [1.29, 1.82) is 0 Å². The molecule has 0 aliphatic heterocycles. The van der Waals surface area contributed by atoms with Crippen LogP contribution in [0.3, 0.4) is 0 Å². The minimum Gasteiger partial charge on any atom is -0.487 e. The van der Waals surface area contributed by atoms with E-state index >= 15 is 0 Å². The van der Waals surface area contributed by atoms with E-state index in [4.69, 9.17) is 4.74 Å². The van der Waals surface area contributed by atoms with Crippen molar-refractivity contribution < 1.29 is 4.74 Å². The zero-order valence-corrected chi connectivity index (χ0v) is 14.3. The highest BCUT2D eigenvalue weighted by Crippen LogP contribution is 2.25. The third-order valence-corrected chi connectivity index (χ3v) is 3.72. The number of hydrogen-bond acceptors (Lipinski definition) is 3. The fourth-order valence-electron chi connectivity index (χ4n) is 2.28. The third-order valence-electron chi connectivity index (χ3n) is 3.25. The molecule has 0 unspecified atom stereocenters. The molecule has 4 heteroatoms. The van der Waals surface area contributed by atoms with E-state index in [2.05, 4.69) is 59.1 Å². The number of benzene rings is 1. The van der Waals surface area contributed by atoms with Crippen LogP contribution in [0.1, 0.15) is 29.3 Å². The molecule has 0 saturated carbocycles. The summed E-state index contributed by atoms with van der Waals surface area (Å²) in [5, 5.41) is 3.35. The van der Waals surface area contributed by atoms with Gasteiger partial charge in [-0.2, -0.15) is 0 Å². The molecule has 3 nitrogen and oxygen atoms in total. The lowest BCUT2D eigenvalue weighted by atomic mass is 10.1. The molecular formula is C17H21BrN2O. The molecule has 1 aromatic heterocycles. The Morgan fingerprint density at radius 3 is 2.48 bits per heavy atom. The Morgan fingerprint density at radius 1 is 1.19 bits per heavy atom. The molecule has 1 N–H and O–H groups in total. The molecule has 0 aliphatic carbocycles. The normalized spacial score (nSPS) is 10.7. The molecule has 2 rings (SSSR count). The first kappa shape index (κ1) is 16.0. The highest BCUT2D eigenvalue weighted by atomic mass is 79.9. The van der Waals surface area contributed by atoms with E-state index in [0.29, 0.717) is 6.61 Å². The highest BCUT2D eigenvalue weighted by molar-refractivity contribution is 9.10. The topological polar surface area (TPSA) is 34.1 Å². The Labute approximate surface area is 134 Å². The fraction of sp³-hybridized carbons (Fsp3) is 0.353. The van der Waals surface area contributed by atoms with Crippen LogP contribution in [0, 0.1) is 13.8 Å². The SMILES string of the molecule is CCNCc1cc(C)c(OCc2ccc(Br)cn2)c(C)c1. The summed E-state index contributed by atoms with van der Waals surface area (Å²) in [4.78, 5) is 4.33. The van der Waals surface area contributed by atoms with Crippen LogP contribution >= 0.6 is 15.9 Å². The van der Waals surface area contributed by atoms with Crippen LogP contribution < -0.4 is 10.1 Å². The molecule has 0 fully saturated rings. The van der Waals surface area contributed by atoms with Gasteiger partial charge >= 0.3 is 0 Å². The lowest BCUT2D eigenvalue weighted by Gasteiger charge is -2.14. The minimum atomic E-state index is 0.488. The monoisotopic (exact) mass is 348 g/mol. The van der Waals surface area contributed by atoms with Crippen molar-refractivity contribution in [3.8, 4) is 5.75 Å². The molecule has 112 valence electrons. The van der Waals surface area contributed by atoms with Crippen molar-refractivity contribution in [2.24, 2.45) is 0 Å². The van der Waals surface area contributed by atoms with E-state index in [1.807, 2.05) is 12.1 Å². The average Bonchev–Trinajstić information content (AvgIpc) is 2.46. The second-order valence-corrected chi connectivity index (χ2v) is 6.01. The second kappa shape index (κ2) is 7.57. The van der Waals surface area contributed by atoms with Gasteiger partial charge in [0.2, 0.25) is 0 Å². The Bertz CT molecular complexity index is 573. The van der Waals surface area contributed by atoms with Crippen molar-refractivity contribution in [3.63, 3.8) is 0 Å². The summed E-state index contributed by atoms with van der Waals surface area (Å²) >= 11 is 3.38. The van der Waals surface area contributed by atoms with Crippen LogP contribution in [0.2, 0.25) is 0 Å². The van der Waals surface area contributed by atoms with E-state index in [1.165, 1.54) is 16.7 Å². The van der Waals surface area contributed by atoms with Gasteiger partial charge in [0.15, 0.2) is 0 Å². The maximum absolute atomic E-state index is 5.95. The summed E-state index contributed by atoms with van der Waals surface area (Å²) in [6.45, 7) is 8.65. The van der Waals surface area contributed by atoms with E-state index in [1.54, 1.807) is 6.20 Å². The van der Waals surface area contributed by atoms with Gasteiger partial charge in [-0.15, -0.1) is 0 Å². The van der Waals surface area contributed by atoms with Crippen molar-refractivity contribution in [1.82, 2.24) is 10.3 Å². The first-order valence-electron chi connectivity index (χ1n) is 7.14. The van der Waals surface area contributed by atoms with E-state index < -0.39 is 0 Å². The second-order valence-electron chi connectivity index (χ2n) is 5.10. The van der Waals surface area contributed by atoms with Crippen LogP contribution in [0.15, 0.2) is 34.9 Å². The molecule has 1 heterocycles. The molecule has 0 bridgehead atoms. The maximum atomic E-state index is 5.95. The van der Waals surface area contributed by atoms with Crippen LogP contribution in [-0.2, 0) is 13.2 Å². The Morgan fingerprint density at radius 2 is 1.90 bits per heavy atom. The van der Waals surface area contributed by atoms with Crippen molar-refractivity contribution in [2.75, 3.05) is 6.54 Å². The van der Waals surface area contributed by atoms with Gasteiger partial charge in [0.05, 0.1) is 5.69 Å². The number of pyridine rings is 1. The lowest BCUT2D eigenvalue weighted by molar-refractivity contribution is 0.297. The lowest BCUT2D eigenvalue weighted by Crippen LogP contribution is -2.12. The van der Waals surface area contributed by atoms with Gasteiger partial charge < -0.3 is 10.1 Å². The fourth-order valence-corrected chi connectivity index (χ4v) is 2.51. The van der Waals surface area contributed by atoms with Crippen LogP contribution in [0.4, 0.5) is 0 Å². The van der Waals surface area contributed by atoms with Crippen LogP contribution in [-0.4, -0.2) is 11.5 Å². The third kappa shape index (κ3) is 4.55. The number of hydrogen-bond donors (Lipinski definition) is 1. The van der Waals surface area contributed by atoms with Gasteiger partial charge in [0.25, 0.3) is 0 Å². The molecule has 2 aromatic rings. The van der Waals surface area contributed by atoms with Gasteiger partial charge in [0, 0.05) is 17.2 Å². The van der Waals surface area contributed by atoms with E-state index in [-0.39, 0.29) is 0 Å². The standard InChI is InChI=1S/C17H21BrN2O/c1-4-19-9-14-7-12(2)17(13(3)8-14)21-11-16-6-5-15(18)10-20-16/h5-8,10,19H,4,9,11H2,1-3H3. The molecular weight excluding hydrogens is 328 g/mol. The van der Waals surface area contributed by atoms with E-state index in [9.17, 15) is 0 Å². The van der Waals surface area contributed by atoms with E-state index in [0.717, 1.165) is 29.0 Å². The van der Waals surface area contributed by atoms with Crippen molar-refractivity contribution in [2.45, 2.75) is 33.9 Å². The molecule has 0 amide bonds. The Hall–Kier alpha value is -1.39. The van der Waals surface area contributed by atoms with Gasteiger partial charge in [-0.3, -0.25) is 4.98 Å². The number of aromatic nitrogens is 1. The van der Waals surface area contributed by atoms with Crippen molar-refractivity contribution >= 4 is 15.9 Å². The minimum absolute atomic E-state index is 0.488. The maximum Gasteiger partial charge on any atom is 0.130 e. The van der Waals surface area contributed by atoms with Gasteiger partial charge in [-0.1, -0.05) is 19.1 Å². The molecule has 0 atom stereocenters. The first-order valence-corrected chi connectivity index (χ1v) is 7.93. The van der Waals surface area contributed by atoms with Gasteiger partial charge in [0.1, 0.15) is 12.4 Å². The number of ether oxygens (including phenoxy) is 1. The molecule has 0 spiro atoms. The summed E-state index contributed by atoms with van der Waals surface area (Å²) in [6.07, 6.45) is 1.79. The Balaban J connectivity index is 2.07. The van der Waals surface area contributed by atoms with Crippen molar-refractivity contribution in [3.05, 3.63) is 57.3 Å². The van der Waals surface area contributed by atoms with Gasteiger partial charge in [-0.25, -0.2) is 0 Å². The summed E-state index contributed by atoms with van der Waals surface area (Å²) < 4.78 is 6.93.